The van der Waals surface area contributed by atoms with E-state index >= 15 is 0 Å². The molecule has 0 aliphatic carbocycles. The molecular weight excluding hydrogens is 268 g/mol. The summed E-state index contributed by atoms with van der Waals surface area (Å²) in [7, 11) is 1.88. The number of thiophene rings is 1. The highest BCUT2D eigenvalue weighted by molar-refractivity contribution is 7.13. The summed E-state index contributed by atoms with van der Waals surface area (Å²) >= 11 is 1.63. The third-order valence-corrected chi connectivity index (χ3v) is 4.21. The highest BCUT2D eigenvalue weighted by Crippen LogP contribution is 2.28. The van der Waals surface area contributed by atoms with Gasteiger partial charge in [-0.2, -0.15) is 5.10 Å². The summed E-state index contributed by atoms with van der Waals surface area (Å²) in [6.45, 7) is 1.96. The van der Waals surface area contributed by atoms with Crippen molar-refractivity contribution in [1.29, 1.82) is 0 Å². The Bertz CT molecular complexity index is 699. The van der Waals surface area contributed by atoms with Gasteiger partial charge in [-0.3, -0.25) is 4.68 Å². The number of aryl methyl sites for hydroxylation is 1. The molecule has 1 aromatic carbocycles. The van der Waals surface area contributed by atoms with Gasteiger partial charge in [0, 0.05) is 7.05 Å². The molecule has 20 heavy (non-hydrogen) atoms. The molecule has 0 saturated heterocycles. The van der Waals surface area contributed by atoms with E-state index in [9.17, 15) is 0 Å². The van der Waals surface area contributed by atoms with Crippen molar-refractivity contribution in [1.82, 2.24) is 14.8 Å². The van der Waals surface area contributed by atoms with Gasteiger partial charge in [-0.1, -0.05) is 36.4 Å². The van der Waals surface area contributed by atoms with Crippen LogP contribution in [-0.4, -0.2) is 14.8 Å². The molecule has 0 aliphatic rings. The van der Waals surface area contributed by atoms with E-state index in [2.05, 4.69) is 10.1 Å². The summed E-state index contributed by atoms with van der Waals surface area (Å²) in [5.74, 6) is 1.48. The first-order valence-corrected chi connectivity index (χ1v) is 7.27. The Balaban J connectivity index is 2.06. The van der Waals surface area contributed by atoms with Gasteiger partial charge in [-0.25, -0.2) is 4.98 Å². The van der Waals surface area contributed by atoms with Crippen molar-refractivity contribution in [2.75, 3.05) is 0 Å². The van der Waals surface area contributed by atoms with Crippen molar-refractivity contribution in [3.05, 3.63) is 59.2 Å². The molecule has 1 unspecified atom stereocenters. The lowest BCUT2D eigenvalue weighted by atomic mass is 9.92. The van der Waals surface area contributed by atoms with E-state index in [1.54, 1.807) is 16.0 Å². The fourth-order valence-electron chi connectivity index (χ4n) is 2.26. The van der Waals surface area contributed by atoms with Crippen LogP contribution in [-0.2, 0) is 12.6 Å². The van der Waals surface area contributed by atoms with E-state index in [1.165, 1.54) is 0 Å². The maximum atomic E-state index is 6.51. The van der Waals surface area contributed by atoms with Crippen molar-refractivity contribution in [3.8, 4) is 10.7 Å². The van der Waals surface area contributed by atoms with Crippen molar-refractivity contribution in [3.63, 3.8) is 0 Å². The topological polar surface area (TPSA) is 56.7 Å². The average Bonchev–Trinajstić information content (AvgIpc) is 3.08. The molecule has 0 bridgehead atoms. The van der Waals surface area contributed by atoms with Gasteiger partial charge in [0.25, 0.3) is 0 Å². The van der Waals surface area contributed by atoms with Gasteiger partial charge >= 0.3 is 0 Å². The molecule has 2 N–H and O–H groups in total. The Hall–Kier alpha value is -1.98. The molecule has 4 nitrogen and oxygen atoms in total. The van der Waals surface area contributed by atoms with E-state index < -0.39 is 5.54 Å². The first-order chi connectivity index (χ1) is 9.59. The molecule has 102 valence electrons. The molecule has 0 spiro atoms. The maximum Gasteiger partial charge on any atom is 0.191 e. The van der Waals surface area contributed by atoms with E-state index in [0.29, 0.717) is 0 Å². The minimum absolute atomic E-state index is 0.668. The number of aromatic nitrogens is 3. The normalized spacial score (nSPS) is 14.2. The lowest BCUT2D eigenvalue weighted by Gasteiger charge is -2.23. The highest BCUT2D eigenvalue weighted by atomic mass is 32.1. The predicted molar refractivity (Wildman–Crippen MR) is 81.4 cm³/mol. The molecular formula is C15H16N4S. The van der Waals surface area contributed by atoms with E-state index in [-0.39, 0.29) is 0 Å². The van der Waals surface area contributed by atoms with Crippen LogP contribution >= 0.6 is 11.3 Å². The van der Waals surface area contributed by atoms with Gasteiger partial charge in [0.1, 0.15) is 0 Å². The Kier molecular flexibility index (Phi) is 3.16. The van der Waals surface area contributed by atoms with E-state index in [1.807, 2.05) is 61.8 Å². The molecule has 0 saturated carbocycles. The average molecular weight is 284 g/mol. The number of hydrogen-bond donors (Lipinski definition) is 1. The molecule has 0 radical (unpaired) electrons. The molecule has 0 fully saturated rings. The molecule has 0 aliphatic heterocycles. The van der Waals surface area contributed by atoms with Gasteiger partial charge in [0.05, 0.1) is 10.4 Å². The molecule has 1 atom stereocenters. The second kappa shape index (κ2) is 4.85. The van der Waals surface area contributed by atoms with E-state index in [0.717, 1.165) is 22.1 Å². The van der Waals surface area contributed by atoms with Gasteiger partial charge in [-0.05, 0) is 23.9 Å². The lowest BCUT2D eigenvalue weighted by Crippen LogP contribution is -2.37. The molecule has 5 heteroatoms. The first kappa shape index (κ1) is 13.0. The van der Waals surface area contributed by atoms with Crippen LogP contribution in [0.25, 0.3) is 10.7 Å². The summed E-state index contributed by atoms with van der Waals surface area (Å²) < 4.78 is 1.77. The number of rotatable bonds is 3. The van der Waals surface area contributed by atoms with Gasteiger partial charge in [-0.15, -0.1) is 11.3 Å². The van der Waals surface area contributed by atoms with Gasteiger partial charge in [0.15, 0.2) is 11.6 Å². The summed E-state index contributed by atoms with van der Waals surface area (Å²) in [4.78, 5) is 5.69. The van der Waals surface area contributed by atoms with Crippen LogP contribution in [0.3, 0.4) is 0 Å². The zero-order valence-electron chi connectivity index (χ0n) is 11.4. The van der Waals surface area contributed by atoms with Crippen molar-refractivity contribution in [2.24, 2.45) is 12.8 Å². The van der Waals surface area contributed by atoms with Crippen LogP contribution < -0.4 is 5.73 Å². The van der Waals surface area contributed by atoms with Crippen LogP contribution in [0.5, 0.6) is 0 Å². The summed E-state index contributed by atoms with van der Waals surface area (Å²) in [5.41, 5.74) is 6.86. The lowest BCUT2D eigenvalue weighted by molar-refractivity contribution is 0.517. The number of nitrogens with two attached hydrogens (primary N) is 1. The zero-order valence-corrected chi connectivity index (χ0v) is 12.3. The van der Waals surface area contributed by atoms with Crippen molar-refractivity contribution < 1.29 is 0 Å². The largest absolute Gasteiger partial charge is 0.315 e. The smallest absolute Gasteiger partial charge is 0.191 e. The standard InChI is InChI=1S/C15H16N4S/c1-15(16,11-7-4-3-5-8-11)14-17-13(18-19(14)2)12-9-6-10-20-12/h3-10H,16H2,1-2H3. The Labute approximate surface area is 121 Å². The third-order valence-electron chi connectivity index (χ3n) is 3.34. The molecule has 2 heterocycles. The number of hydrogen-bond acceptors (Lipinski definition) is 4. The highest BCUT2D eigenvalue weighted by Gasteiger charge is 2.29. The van der Waals surface area contributed by atoms with Crippen LogP contribution in [0.1, 0.15) is 18.3 Å². The molecule has 0 amide bonds. The fourth-order valence-corrected chi connectivity index (χ4v) is 2.91. The summed E-state index contributed by atoms with van der Waals surface area (Å²) in [5, 5.41) is 6.50. The Morgan fingerprint density at radius 1 is 1.15 bits per heavy atom. The third kappa shape index (κ3) is 2.15. The second-order valence-corrected chi connectivity index (χ2v) is 5.88. The Morgan fingerprint density at radius 3 is 2.55 bits per heavy atom. The van der Waals surface area contributed by atoms with Gasteiger partial charge in [0.2, 0.25) is 0 Å². The van der Waals surface area contributed by atoms with Crippen LogP contribution in [0, 0.1) is 0 Å². The minimum atomic E-state index is -0.668. The van der Waals surface area contributed by atoms with Crippen molar-refractivity contribution >= 4 is 11.3 Å². The zero-order chi connectivity index (χ0) is 14.2. The monoisotopic (exact) mass is 284 g/mol. The van der Waals surface area contributed by atoms with Gasteiger partial charge < -0.3 is 5.73 Å². The summed E-state index contributed by atoms with van der Waals surface area (Å²) in [6.07, 6.45) is 0. The SMILES string of the molecule is Cn1nc(-c2cccs2)nc1C(C)(N)c1ccccc1. The van der Waals surface area contributed by atoms with Crippen LogP contribution in [0.4, 0.5) is 0 Å². The van der Waals surface area contributed by atoms with Crippen LogP contribution in [0.2, 0.25) is 0 Å². The quantitative estimate of drug-likeness (QED) is 0.804. The molecule has 2 aromatic heterocycles. The van der Waals surface area contributed by atoms with Crippen LogP contribution in [0.15, 0.2) is 47.8 Å². The second-order valence-electron chi connectivity index (χ2n) is 4.93. The number of benzene rings is 1. The Morgan fingerprint density at radius 2 is 1.90 bits per heavy atom. The molecule has 3 aromatic rings. The summed E-state index contributed by atoms with van der Waals surface area (Å²) in [6, 6.07) is 14.0. The number of nitrogens with zero attached hydrogens (tertiary/aromatic N) is 3. The maximum absolute atomic E-state index is 6.51. The van der Waals surface area contributed by atoms with E-state index in [4.69, 9.17) is 5.73 Å². The predicted octanol–water partition coefficient (Wildman–Crippen LogP) is 2.77. The first-order valence-electron chi connectivity index (χ1n) is 6.39. The fraction of sp³-hybridized carbons (Fsp3) is 0.200. The van der Waals surface area contributed by atoms with Crippen molar-refractivity contribution in [2.45, 2.75) is 12.5 Å². The molecule has 3 rings (SSSR count). The minimum Gasteiger partial charge on any atom is -0.315 e.